The topological polar surface area (TPSA) is 83.5 Å². The van der Waals surface area contributed by atoms with Crippen LogP contribution in [0.5, 0.6) is 0 Å². The van der Waals surface area contributed by atoms with E-state index >= 15 is 0 Å². The summed E-state index contributed by atoms with van der Waals surface area (Å²) in [5, 5.41) is 0. The minimum absolute atomic E-state index is 0.125. The van der Waals surface area contributed by atoms with Gasteiger partial charge in [-0.1, -0.05) is 30.3 Å². The van der Waals surface area contributed by atoms with Crippen molar-refractivity contribution in [2.24, 2.45) is 0 Å². The lowest BCUT2D eigenvalue weighted by Crippen LogP contribution is -2.51. The molecule has 0 radical (unpaired) electrons. The molecule has 2 aromatic rings. The fourth-order valence-corrected chi connectivity index (χ4v) is 4.46. The Morgan fingerprint density at radius 2 is 1.77 bits per heavy atom. The molecule has 0 spiro atoms. The van der Waals surface area contributed by atoms with E-state index in [0.717, 1.165) is 12.0 Å². The molecular weight excluding hydrogens is 352 g/mol. The summed E-state index contributed by atoms with van der Waals surface area (Å²) in [5.41, 5.74) is 1.42. The fraction of sp³-hybridized carbons (Fsp3) is 0.389. The number of benzene rings is 1. The van der Waals surface area contributed by atoms with Gasteiger partial charge in [-0.2, -0.15) is 4.31 Å². The van der Waals surface area contributed by atoms with Gasteiger partial charge in [0.25, 0.3) is 5.91 Å². The van der Waals surface area contributed by atoms with Crippen molar-refractivity contribution < 1.29 is 13.2 Å². The number of piperazine rings is 1. The predicted octanol–water partition coefficient (Wildman–Crippen LogP) is 1.20. The van der Waals surface area contributed by atoms with Crippen LogP contribution in [-0.4, -0.2) is 65.4 Å². The van der Waals surface area contributed by atoms with Crippen molar-refractivity contribution in [3.05, 3.63) is 60.2 Å². The van der Waals surface area contributed by atoms with E-state index in [1.807, 2.05) is 30.3 Å². The molecule has 26 heavy (non-hydrogen) atoms. The number of sulfonamides is 1. The van der Waals surface area contributed by atoms with E-state index < -0.39 is 10.0 Å². The van der Waals surface area contributed by atoms with Crippen LogP contribution in [0.4, 0.5) is 0 Å². The molecule has 1 aromatic heterocycles. The van der Waals surface area contributed by atoms with Crippen LogP contribution in [0.15, 0.2) is 48.9 Å². The number of carbonyl (C=O) groups excluding carboxylic acids is 1. The Morgan fingerprint density at radius 1 is 1.04 bits per heavy atom. The molecule has 7 nitrogen and oxygen atoms in total. The molecule has 0 saturated carbocycles. The van der Waals surface area contributed by atoms with E-state index in [9.17, 15) is 13.2 Å². The van der Waals surface area contributed by atoms with Crippen molar-refractivity contribution in [3.8, 4) is 0 Å². The van der Waals surface area contributed by atoms with Gasteiger partial charge in [-0.3, -0.25) is 9.78 Å². The van der Waals surface area contributed by atoms with Crippen LogP contribution in [0, 0.1) is 0 Å². The number of aromatic nitrogens is 2. The Hall–Kier alpha value is -2.32. The first-order valence-electron chi connectivity index (χ1n) is 8.63. The fourth-order valence-electron chi connectivity index (χ4n) is 2.97. The second kappa shape index (κ2) is 8.37. The third kappa shape index (κ3) is 4.64. The highest BCUT2D eigenvalue weighted by atomic mass is 32.2. The second-order valence-electron chi connectivity index (χ2n) is 6.19. The molecule has 1 saturated heterocycles. The summed E-state index contributed by atoms with van der Waals surface area (Å²) in [6.07, 6.45) is 5.74. The maximum absolute atomic E-state index is 12.5. The van der Waals surface area contributed by atoms with Gasteiger partial charge in [0.2, 0.25) is 10.0 Å². The van der Waals surface area contributed by atoms with Gasteiger partial charge in [0.1, 0.15) is 5.69 Å². The Balaban J connectivity index is 1.49. The third-order valence-corrected chi connectivity index (χ3v) is 6.37. The molecule has 0 N–H and O–H groups in total. The van der Waals surface area contributed by atoms with E-state index in [1.165, 1.54) is 22.9 Å². The Labute approximate surface area is 153 Å². The summed E-state index contributed by atoms with van der Waals surface area (Å²) in [6, 6.07) is 9.86. The summed E-state index contributed by atoms with van der Waals surface area (Å²) in [6.45, 7) is 1.37. The number of hydrogen-bond acceptors (Lipinski definition) is 5. The Kier molecular flexibility index (Phi) is 5.95. The summed E-state index contributed by atoms with van der Waals surface area (Å²) in [4.78, 5) is 21.9. The lowest BCUT2D eigenvalue weighted by Gasteiger charge is -2.33. The maximum atomic E-state index is 12.5. The first kappa shape index (κ1) is 18.5. The molecular formula is C18H22N4O3S. The highest BCUT2D eigenvalue weighted by molar-refractivity contribution is 7.89. The quantitative estimate of drug-likeness (QED) is 0.759. The number of hydrogen-bond donors (Lipinski definition) is 0. The molecule has 1 fully saturated rings. The van der Waals surface area contributed by atoms with Gasteiger partial charge < -0.3 is 4.90 Å². The molecule has 0 unspecified atom stereocenters. The van der Waals surface area contributed by atoms with Gasteiger partial charge in [-0.15, -0.1) is 0 Å². The highest BCUT2D eigenvalue weighted by Crippen LogP contribution is 2.12. The summed E-state index contributed by atoms with van der Waals surface area (Å²) in [5.74, 6) is -0.0840. The smallest absolute Gasteiger partial charge is 0.274 e. The second-order valence-corrected chi connectivity index (χ2v) is 8.28. The van der Waals surface area contributed by atoms with Crippen LogP contribution in [0.25, 0.3) is 0 Å². The van der Waals surface area contributed by atoms with Crippen molar-refractivity contribution in [1.29, 1.82) is 0 Å². The van der Waals surface area contributed by atoms with Crippen LogP contribution in [0.2, 0.25) is 0 Å². The van der Waals surface area contributed by atoms with Gasteiger partial charge in [-0.25, -0.2) is 13.4 Å². The zero-order chi connectivity index (χ0) is 18.4. The van der Waals surface area contributed by atoms with E-state index in [2.05, 4.69) is 9.97 Å². The van der Waals surface area contributed by atoms with Crippen molar-refractivity contribution in [2.45, 2.75) is 12.8 Å². The number of aryl methyl sites for hydroxylation is 1. The van der Waals surface area contributed by atoms with E-state index in [4.69, 9.17) is 0 Å². The molecule has 138 valence electrons. The van der Waals surface area contributed by atoms with Gasteiger partial charge in [-0.05, 0) is 18.4 Å². The summed E-state index contributed by atoms with van der Waals surface area (Å²) >= 11 is 0. The minimum Gasteiger partial charge on any atom is -0.335 e. The van der Waals surface area contributed by atoms with Gasteiger partial charge in [0, 0.05) is 38.6 Å². The molecule has 2 heterocycles. The normalized spacial score (nSPS) is 15.8. The van der Waals surface area contributed by atoms with Crippen LogP contribution in [-0.2, 0) is 16.4 Å². The van der Waals surface area contributed by atoms with Crippen LogP contribution < -0.4 is 0 Å². The van der Waals surface area contributed by atoms with Gasteiger partial charge in [0.05, 0.1) is 11.9 Å². The number of rotatable bonds is 6. The number of amides is 1. The first-order valence-corrected chi connectivity index (χ1v) is 10.2. The number of nitrogens with zero attached hydrogens (tertiary/aromatic N) is 4. The largest absolute Gasteiger partial charge is 0.335 e. The molecule has 8 heteroatoms. The molecule has 3 rings (SSSR count). The molecule has 0 atom stereocenters. The van der Waals surface area contributed by atoms with Crippen molar-refractivity contribution in [3.63, 3.8) is 0 Å². The SMILES string of the molecule is O=C(c1cnccn1)N1CCN(S(=O)(=O)CCCc2ccccc2)CC1. The standard InChI is InChI=1S/C18H22N4O3S/c23-18(17-15-19-8-9-20-17)21-10-12-22(13-11-21)26(24,25)14-4-7-16-5-2-1-3-6-16/h1-3,5-6,8-9,15H,4,7,10-14H2. The lowest BCUT2D eigenvalue weighted by atomic mass is 10.1. The molecule has 1 amide bonds. The zero-order valence-corrected chi connectivity index (χ0v) is 15.3. The van der Waals surface area contributed by atoms with Crippen LogP contribution in [0.1, 0.15) is 22.5 Å². The average Bonchev–Trinajstić information content (AvgIpc) is 2.69. The molecule has 0 aliphatic carbocycles. The van der Waals surface area contributed by atoms with Crippen LogP contribution >= 0.6 is 0 Å². The number of carbonyl (C=O) groups is 1. The van der Waals surface area contributed by atoms with E-state index in [0.29, 0.717) is 32.6 Å². The van der Waals surface area contributed by atoms with E-state index in [1.54, 1.807) is 4.90 Å². The monoisotopic (exact) mass is 374 g/mol. The molecule has 1 aliphatic rings. The first-order chi connectivity index (χ1) is 12.6. The summed E-state index contributed by atoms with van der Waals surface area (Å²) < 4.78 is 26.5. The average molecular weight is 374 g/mol. The van der Waals surface area contributed by atoms with Crippen molar-refractivity contribution in [1.82, 2.24) is 19.2 Å². The van der Waals surface area contributed by atoms with Gasteiger partial charge >= 0.3 is 0 Å². The third-order valence-electron chi connectivity index (χ3n) is 4.41. The molecule has 0 bridgehead atoms. The Morgan fingerprint density at radius 3 is 2.42 bits per heavy atom. The lowest BCUT2D eigenvalue weighted by molar-refractivity contribution is 0.0691. The van der Waals surface area contributed by atoms with E-state index in [-0.39, 0.29) is 17.4 Å². The molecule has 1 aromatic carbocycles. The highest BCUT2D eigenvalue weighted by Gasteiger charge is 2.29. The zero-order valence-electron chi connectivity index (χ0n) is 14.5. The van der Waals surface area contributed by atoms with Gasteiger partial charge in [0.15, 0.2) is 0 Å². The van der Waals surface area contributed by atoms with Crippen LogP contribution in [0.3, 0.4) is 0 Å². The van der Waals surface area contributed by atoms with Crippen molar-refractivity contribution in [2.75, 3.05) is 31.9 Å². The van der Waals surface area contributed by atoms with Crippen molar-refractivity contribution >= 4 is 15.9 Å². The predicted molar refractivity (Wildman–Crippen MR) is 98.1 cm³/mol. The Bertz CT molecular complexity index is 820. The minimum atomic E-state index is -3.30. The molecule has 1 aliphatic heterocycles. The summed E-state index contributed by atoms with van der Waals surface area (Å²) in [7, 11) is -3.30. The maximum Gasteiger partial charge on any atom is 0.274 e.